The number of benzene rings is 1. The first-order valence-electron chi connectivity index (χ1n) is 5.67. The van der Waals surface area contributed by atoms with Crippen LogP contribution in [0.1, 0.15) is 0 Å². The van der Waals surface area contributed by atoms with Crippen molar-refractivity contribution in [3.8, 4) is 11.6 Å². The molecular weight excluding hydrogens is 302 g/mol. The Bertz CT molecular complexity index is 795. The van der Waals surface area contributed by atoms with Gasteiger partial charge in [-0.25, -0.2) is 14.4 Å². The van der Waals surface area contributed by atoms with E-state index >= 15 is 0 Å². The Balaban J connectivity index is 2.15. The van der Waals surface area contributed by atoms with Crippen LogP contribution in [0.4, 0.5) is 4.39 Å². The highest BCUT2D eigenvalue weighted by Gasteiger charge is 2.13. The Hall–Kier alpha value is -1.91. The summed E-state index contributed by atoms with van der Waals surface area (Å²) in [6.07, 6.45) is 3.00. The fraction of sp³-hybridized carbons (Fsp3) is 0. The largest absolute Gasteiger partial charge is 0.438 e. The molecule has 0 aliphatic carbocycles. The van der Waals surface area contributed by atoms with Gasteiger partial charge < -0.3 is 4.74 Å². The summed E-state index contributed by atoms with van der Waals surface area (Å²) in [5.74, 6) is 0.152. The number of ether oxygens (including phenoxy) is 1. The summed E-state index contributed by atoms with van der Waals surface area (Å²) in [5.41, 5.74) is 0. The van der Waals surface area contributed by atoms with Gasteiger partial charge in [-0.2, -0.15) is 0 Å². The summed E-state index contributed by atoms with van der Waals surface area (Å²) < 4.78 is 18.7. The van der Waals surface area contributed by atoms with Crippen LogP contribution in [0.15, 0.2) is 42.7 Å². The van der Waals surface area contributed by atoms with Gasteiger partial charge in [0.2, 0.25) is 5.88 Å². The second-order valence-corrected chi connectivity index (χ2v) is 4.76. The normalized spacial score (nSPS) is 10.8. The molecule has 0 atom stereocenters. The Kier molecular flexibility index (Phi) is 3.42. The van der Waals surface area contributed by atoms with Crippen LogP contribution in [-0.4, -0.2) is 9.97 Å². The number of pyridine rings is 2. The van der Waals surface area contributed by atoms with Crippen molar-refractivity contribution < 1.29 is 9.13 Å². The van der Waals surface area contributed by atoms with Crippen molar-refractivity contribution in [3.05, 3.63) is 58.7 Å². The first kappa shape index (κ1) is 13.1. The molecule has 0 fully saturated rings. The molecule has 2 heterocycles. The quantitative estimate of drug-likeness (QED) is 0.634. The van der Waals surface area contributed by atoms with Crippen LogP contribution in [0.5, 0.6) is 11.6 Å². The number of hydrogen-bond donors (Lipinski definition) is 0. The molecule has 2 aromatic heterocycles. The third-order valence-electron chi connectivity index (χ3n) is 2.68. The lowest BCUT2D eigenvalue weighted by molar-refractivity contribution is 0.464. The maximum atomic E-state index is 13.2. The second kappa shape index (κ2) is 5.23. The molecule has 0 unspecified atom stereocenters. The molecular formula is C14H7Cl2FN2O. The van der Waals surface area contributed by atoms with E-state index in [1.807, 2.05) is 0 Å². The number of hydrogen-bond acceptors (Lipinski definition) is 3. The summed E-state index contributed by atoms with van der Waals surface area (Å²) in [4.78, 5) is 8.07. The molecule has 100 valence electrons. The zero-order valence-corrected chi connectivity index (χ0v) is 11.5. The first-order chi connectivity index (χ1) is 9.65. The fourth-order valence-corrected chi connectivity index (χ4v) is 2.25. The van der Waals surface area contributed by atoms with Crippen molar-refractivity contribution in [2.75, 3.05) is 0 Å². The van der Waals surface area contributed by atoms with Crippen molar-refractivity contribution in [2.24, 2.45) is 0 Å². The zero-order chi connectivity index (χ0) is 14.1. The molecule has 1 aromatic carbocycles. The minimum absolute atomic E-state index is 0.226. The van der Waals surface area contributed by atoms with Crippen molar-refractivity contribution >= 4 is 34.0 Å². The van der Waals surface area contributed by atoms with E-state index < -0.39 is 5.82 Å². The van der Waals surface area contributed by atoms with Gasteiger partial charge in [-0.15, -0.1) is 0 Å². The van der Waals surface area contributed by atoms with Gasteiger partial charge in [0.05, 0.1) is 16.6 Å². The molecule has 3 aromatic rings. The van der Waals surface area contributed by atoms with E-state index in [0.29, 0.717) is 21.5 Å². The minimum Gasteiger partial charge on any atom is -0.438 e. The number of rotatable bonds is 2. The van der Waals surface area contributed by atoms with Crippen LogP contribution in [0.3, 0.4) is 0 Å². The van der Waals surface area contributed by atoms with E-state index in [1.54, 1.807) is 24.4 Å². The van der Waals surface area contributed by atoms with Gasteiger partial charge >= 0.3 is 0 Å². The van der Waals surface area contributed by atoms with Crippen molar-refractivity contribution in [3.63, 3.8) is 0 Å². The molecule has 3 rings (SSSR count). The second-order valence-electron chi connectivity index (χ2n) is 4.00. The fourth-order valence-electron chi connectivity index (χ4n) is 1.81. The maximum Gasteiger partial charge on any atom is 0.230 e. The van der Waals surface area contributed by atoms with Crippen molar-refractivity contribution in [2.45, 2.75) is 0 Å². The number of aromatic nitrogens is 2. The smallest absolute Gasteiger partial charge is 0.230 e. The lowest BCUT2D eigenvalue weighted by Gasteiger charge is -2.09. The molecule has 0 amide bonds. The van der Waals surface area contributed by atoms with Crippen LogP contribution in [0.2, 0.25) is 10.2 Å². The van der Waals surface area contributed by atoms with E-state index in [2.05, 4.69) is 9.97 Å². The Morgan fingerprint density at radius 2 is 1.95 bits per heavy atom. The van der Waals surface area contributed by atoms with Gasteiger partial charge in [0.15, 0.2) is 0 Å². The standard InChI is InChI=1S/C14H7Cl2FN2O/c15-11-7-19-14(12-10(11)4-5-18-13(12)16)20-9-3-1-2-8(17)6-9/h1-7H. The summed E-state index contributed by atoms with van der Waals surface area (Å²) in [7, 11) is 0. The summed E-state index contributed by atoms with van der Waals surface area (Å²) in [6, 6.07) is 7.46. The van der Waals surface area contributed by atoms with Gasteiger partial charge in [0.25, 0.3) is 0 Å². The minimum atomic E-state index is -0.398. The topological polar surface area (TPSA) is 35.0 Å². The number of fused-ring (bicyclic) bond motifs is 1. The van der Waals surface area contributed by atoms with Crippen molar-refractivity contribution in [1.29, 1.82) is 0 Å². The van der Waals surface area contributed by atoms with Gasteiger partial charge in [-0.1, -0.05) is 29.3 Å². The van der Waals surface area contributed by atoms with Crippen LogP contribution < -0.4 is 4.74 Å². The molecule has 0 saturated carbocycles. The maximum absolute atomic E-state index is 13.2. The summed E-state index contributed by atoms with van der Waals surface area (Å²) >= 11 is 12.1. The van der Waals surface area contributed by atoms with Gasteiger partial charge in [-0.3, -0.25) is 0 Å². The average Bonchev–Trinajstić information content (AvgIpc) is 2.42. The van der Waals surface area contributed by atoms with E-state index in [9.17, 15) is 4.39 Å². The molecule has 0 aliphatic rings. The Morgan fingerprint density at radius 3 is 2.75 bits per heavy atom. The zero-order valence-electron chi connectivity index (χ0n) is 9.98. The summed E-state index contributed by atoms with van der Waals surface area (Å²) in [5, 5.41) is 1.83. The Morgan fingerprint density at radius 1 is 1.10 bits per heavy atom. The molecule has 0 aliphatic heterocycles. The SMILES string of the molecule is Fc1cccc(Oc2ncc(Cl)c3ccnc(Cl)c23)c1. The van der Waals surface area contributed by atoms with E-state index in [0.717, 1.165) is 0 Å². The predicted molar refractivity (Wildman–Crippen MR) is 76.0 cm³/mol. The first-order valence-corrected chi connectivity index (χ1v) is 6.43. The highest BCUT2D eigenvalue weighted by Crippen LogP contribution is 2.35. The molecule has 3 nitrogen and oxygen atoms in total. The highest BCUT2D eigenvalue weighted by atomic mass is 35.5. The van der Waals surface area contributed by atoms with Gasteiger partial charge in [-0.05, 0) is 18.2 Å². The monoisotopic (exact) mass is 308 g/mol. The van der Waals surface area contributed by atoms with Crippen LogP contribution >= 0.6 is 23.2 Å². The van der Waals surface area contributed by atoms with Crippen LogP contribution in [-0.2, 0) is 0 Å². The highest BCUT2D eigenvalue weighted by molar-refractivity contribution is 6.39. The predicted octanol–water partition coefficient (Wildman–Crippen LogP) is 4.87. The number of nitrogens with zero attached hydrogens (tertiary/aromatic N) is 2. The van der Waals surface area contributed by atoms with E-state index in [4.69, 9.17) is 27.9 Å². The lowest BCUT2D eigenvalue weighted by Crippen LogP contribution is -1.92. The molecule has 0 radical (unpaired) electrons. The van der Waals surface area contributed by atoms with Crippen LogP contribution in [0, 0.1) is 5.82 Å². The molecule has 6 heteroatoms. The molecule has 0 bridgehead atoms. The number of halogens is 3. The molecule has 0 N–H and O–H groups in total. The molecule has 0 spiro atoms. The Labute approximate surface area is 123 Å². The average molecular weight is 309 g/mol. The summed E-state index contributed by atoms with van der Waals surface area (Å²) in [6.45, 7) is 0. The lowest BCUT2D eigenvalue weighted by atomic mass is 10.2. The van der Waals surface area contributed by atoms with Crippen molar-refractivity contribution in [1.82, 2.24) is 9.97 Å². The molecule has 0 saturated heterocycles. The third kappa shape index (κ3) is 2.40. The van der Waals surface area contributed by atoms with Gasteiger partial charge in [0, 0.05) is 17.6 Å². The molecule has 20 heavy (non-hydrogen) atoms. The van der Waals surface area contributed by atoms with E-state index in [1.165, 1.54) is 18.3 Å². The van der Waals surface area contributed by atoms with Crippen LogP contribution in [0.25, 0.3) is 10.8 Å². The van der Waals surface area contributed by atoms with E-state index in [-0.39, 0.29) is 11.0 Å². The third-order valence-corrected chi connectivity index (χ3v) is 3.27. The van der Waals surface area contributed by atoms with Gasteiger partial charge in [0.1, 0.15) is 16.7 Å².